The molecule has 0 N–H and O–H groups in total. The lowest BCUT2D eigenvalue weighted by Gasteiger charge is -2.38. The van der Waals surface area contributed by atoms with Crippen molar-refractivity contribution in [2.75, 3.05) is 26.7 Å². The van der Waals surface area contributed by atoms with Crippen molar-refractivity contribution in [1.29, 1.82) is 0 Å². The van der Waals surface area contributed by atoms with E-state index in [4.69, 9.17) is 25.8 Å². The van der Waals surface area contributed by atoms with E-state index in [0.717, 1.165) is 50.2 Å². The number of aryl methyl sites for hydroxylation is 1. The summed E-state index contributed by atoms with van der Waals surface area (Å²) in [5.74, 6) is 2.71. The Labute approximate surface area is 145 Å². The van der Waals surface area contributed by atoms with Crippen molar-refractivity contribution in [3.05, 3.63) is 23.3 Å². The summed E-state index contributed by atoms with van der Waals surface area (Å²) in [5, 5.41) is 0. The third kappa shape index (κ3) is 3.77. The number of alkyl halides is 1. The first-order chi connectivity index (χ1) is 11.1. The average molecular weight is 341 g/mol. The molecular weight excluding hydrogens is 312 g/mol. The molecular formula is C19H29ClO3. The molecule has 0 amide bonds. The van der Waals surface area contributed by atoms with Crippen molar-refractivity contribution in [3.63, 3.8) is 0 Å². The molecule has 2 rings (SSSR count). The molecule has 1 heterocycles. The molecule has 130 valence electrons. The van der Waals surface area contributed by atoms with Crippen LogP contribution in [-0.2, 0) is 16.8 Å². The van der Waals surface area contributed by atoms with E-state index in [1.54, 1.807) is 14.2 Å². The van der Waals surface area contributed by atoms with Gasteiger partial charge in [0.05, 0.1) is 19.8 Å². The van der Waals surface area contributed by atoms with E-state index in [0.29, 0.717) is 11.8 Å². The molecule has 2 atom stereocenters. The van der Waals surface area contributed by atoms with Gasteiger partial charge in [-0.25, -0.2) is 0 Å². The number of fused-ring (bicyclic) bond motifs is 1. The normalized spacial score (nSPS) is 22.1. The van der Waals surface area contributed by atoms with Crippen LogP contribution in [0.1, 0.15) is 50.7 Å². The van der Waals surface area contributed by atoms with E-state index >= 15 is 0 Å². The highest BCUT2D eigenvalue weighted by Gasteiger charge is 2.39. The summed E-state index contributed by atoms with van der Waals surface area (Å²) in [7, 11) is 3.37. The Kier molecular flexibility index (Phi) is 6.60. The molecule has 2 unspecified atom stereocenters. The molecule has 4 heteroatoms. The van der Waals surface area contributed by atoms with Gasteiger partial charge >= 0.3 is 0 Å². The zero-order valence-corrected chi connectivity index (χ0v) is 15.5. The number of methoxy groups -OCH3 is 2. The van der Waals surface area contributed by atoms with Crippen LogP contribution in [0.3, 0.4) is 0 Å². The third-order valence-corrected chi connectivity index (χ3v) is 5.36. The molecule has 0 saturated carbocycles. The summed E-state index contributed by atoms with van der Waals surface area (Å²) < 4.78 is 17.4. The van der Waals surface area contributed by atoms with Crippen molar-refractivity contribution in [1.82, 2.24) is 0 Å². The second kappa shape index (κ2) is 8.25. The van der Waals surface area contributed by atoms with E-state index in [9.17, 15) is 0 Å². The van der Waals surface area contributed by atoms with Gasteiger partial charge in [-0.15, -0.1) is 11.6 Å². The number of hydrogen-bond donors (Lipinski definition) is 0. The summed E-state index contributed by atoms with van der Waals surface area (Å²) in [5.41, 5.74) is 2.26. The van der Waals surface area contributed by atoms with Crippen molar-refractivity contribution in [2.45, 2.75) is 51.6 Å². The van der Waals surface area contributed by atoms with Gasteiger partial charge in [-0.3, -0.25) is 0 Å². The Bertz CT molecular complexity index is 518. The summed E-state index contributed by atoms with van der Waals surface area (Å²) in [4.78, 5) is 0. The molecule has 1 aromatic rings. The van der Waals surface area contributed by atoms with E-state index in [1.807, 2.05) is 0 Å². The van der Waals surface area contributed by atoms with Crippen molar-refractivity contribution < 1.29 is 14.2 Å². The van der Waals surface area contributed by atoms with Crippen LogP contribution in [0, 0.1) is 5.92 Å². The molecule has 0 spiro atoms. The fourth-order valence-corrected chi connectivity index (χ4v) is 3.90. The van der Waals surface area contributed by atoms with Crippen LogP contribution >= 0.6 is 11.6 Å². The minimum absolute atomic E-state index is 0.299. The van der Waals surface area contributed by atoms with Crippen molar-refractivity contribution in [2.24, 2.45) is 5.92 Å². The van der Waals surface area contributed by atoms with Gasteiger partial charge in [-0.1, -0.05) is 13.3 Å². The maximum Gasteiger partial charge on any atom is 0.161 e. The molecule has 3 nitrogen and oxygen atoms in total. The lowest BCUT2D eigenvalue weighted by atomic mass is 9.76. The number of hydrogen-bond acceptors (Lipinski definition) is 3. The Hall–Kier alpha value is -0.930. The van der Waals surface area contributed by atoms with Crippen molar-refractivity contribution >= 4 is 11.6 Å². The lowest BCUT2D eigenvalue weighted by molar-refractivity contribution is -0.0808. The highest BCUT2D eigenvalue weighted by atomic mass is 35.5. The predicted molar refractivity (Wildman–Crippen MR) is 94.9 cm³/mol. The first-order valence-corrected chi connectivity index (χ1v) is 9.09. The zero-order valence-electron chi connectivity index (χ0n) is 14.8. The lowest BCUT2D eigenvalue weighted by Crippen LogP contribution is -2.35. The Morgan fingerprint density at radius 3 is 2.57 bits per heavy atom. The third-order valence-electron chi connectivity index (χ3n) is 5.09. The molecule has 23 heavy (non-hydrogen) atoms. The van der Waals surface area contributed by atoms with E-state index in [2.05, 4.69) is 26.0 Å². The van der Waals surface area contributed by atoms with Crippen LogP contribution in [0.2, 0.25) is 0 Å². The topological polar surface area (TPSA) is 27.7 Å². The largest absolute Gasteiger partial charge is 0.493 e. The molecule has 1 aliphatic rings. The van der Waals surface area contributed by atoms with Gasteiger partial charge in [0.1, 0.15) is 0 Å². The van der Waals surface area contributed by atoms with E-state index in [1.165, 1.54) is 11.1 Å². The monoisotopic (exact) mass is 340 g/mol. The SMILES string of the molecule is CCC(CCCCl)C1(C)OCCCc2cc(OC)c(OC)cc21. The molecule has 0 bridgehead atoms. The minimum Gasteiger partial charge on any atom is -0.493 e. The molecule has 0 fully saturated rings. The number of rotatable bonds is 7. The second-order valence-corrected chi connectivity index (χ2v) is 6.74. The standard InChI is InChI=1S/C19H29ClO3/c1-5-15(9-6-10-20)19(2)16-13-18(22-4)17(21-3)12-14(16)8-7-11-23-19/h12-13,15H,5-11H2,1-4H3. The van der Waals surface area contributed by atoms with Gasteiger partial charge in [-0.2, -0.15) is 0 Å². The van der Waals surface area contributed by atoms with Crippen molar-refractivity contribution in [3.8, 4) is 11.5 Å². The number of halogens is 1. The molecule has 0 radical (unpaired) electrons. The highest BCUT2D eigenvalue weighted by molar-refractivity contribution is 6.17. The van der Waals surface area contributed by atoms with Crippen LogP contribution in [0.5, 0.6) is 11.5 Å². The zero-order chi connectivity index (χ0) is 16.9. The molecule has 0 aliphatic carbocycles. The smallest absolute Gasteiger partial charge is 0.161 e. The predicted octanol–water partition coefficient (Wildman–Crippen LogP) is 4.93. The average Bonchev–Trinajstić information content (AvgIpc) is 2.74. The first kappa shape index (κ1) is 18.4. The van der Waals surface area contributed by atoms with Crippen LogP contribution in [0.25, 0.3) is 0 Å². The Morgan fingerprint density at radius 2 is 1.96 bits per heavy atom. The van der Waals surface area contributed by atoms with Gasteiger partial charge in [-0.05, 0) is 61.8 Å². The van der Waals surface area contributed by atoms with Gasteiger partial charge in [0, 0.05) is 12.5 Å². The Balaban J connectivity index is 2.50. The van der Waals surface area contributed by atoms with Gasteiger partial charge < -0.3 is 14.2 Å². The molecule has 0 aromatic heterocycles. The molecule has 1 aliphatic heterocycles. The first-order valence-electron chi connectivity index (χ1n) is 8.56. The maximum absolute atomic E-state index is 6.40. The van der Waals surface area contributed by atoms with Gasteiger partial charge in [0.2, 0.25) is 0 Å². The summed E-state index contributed by atoms with van der Waals surface area (Å²) >= 11 is 5.93. The van der Waals surface area contributed by atoms with Crippen LogP contribution in [0.15, 0.2) is 12.1 Å². The Morgan fingerprint density at radius 1 is 1.26 bits per heavy atom. The number of ether oxygens (including phenoxy) is 3. The van der Waals surface area contributed by atoms with Crippen LogP contribution < -0.4 is 9.47 Å². The van der Waals surface area contributed by atoms with Crippen LogP contribution in [-0.4, -0.2) is 26.7 Å². The van der Waals surface area contributed by atoms with Gasteiger partial charge in [0.15, 0.2) is 11.5 Å². The fraction of sp³-hybridized carbons (Fsp3) is 0.684. The van der Waals surface area contributed by atoms with Gasteiger partial charge in [0.25, 0.3) is 0 Å². The second-order valence-electron chi connectivity index (χ2n) is 6.36. The molecule has 0 saturated heterocycles. The summed E-state index contributed by atoms with van der Waals surface area (Å²) in [6.07, 6.45) is 5.20. The quantitative estimate of drug-likeness (QED) is 0.659. The number of benzene rings is 1. The van der Waals surface area contributed by atoms with Crippen LogP contribution in [0.4, 0.5) is 0 Å². The molecule has 1 aromatic carbocycles. The van der Waals surface area contributed by atoms with E-state index < -0.39 is 0 Å². The fourth-order valence-electron chi connectivity index (χ4n) is 3.74. The van der Waals surface area contributed by atoms with E-state index in [-0.39, 0.29) is 5.60 Å². The summed E-state index contributed by atoms with van der Waals surface area (Å²) in [6.45, 7) is 5.25. The minimum atomic E-state index is -0.299. The maximum atomic E-state index is 6.40. The summed E-state index contributed by atoms with van der Waals surface area (Å²) in [6, 6.07) is 4.23. The highest BCUT2D eigenvalue weighted by Crippen LogP contribution is 2.45.